The minimum atomic E-state index is -0.415. The first-order valence-electron chi connectivity index (χ1n) is 8.86. The molecule has 1 aliphatic rings. The molecule has 1 saturated heterocycles. The van der Waals surface area contributed by atoms with Crippen molar-refractivity contribution in [2.24, 2.45) is 5.92 Å². The predicted octanol–water partition coefficient (Wildman–Crippen LogP) is 2.77. The Kier molecular flexibility index (Phi) is 5.12. The van der Waals surface area contributed by atoms with Gasteiger partial charge < -0.3 is 15.0 Å². The molecule has 0 aliphatic carbocycles. The second kappa shape index (κ2) is 7.34. The van der Waals surface area contributed by atoms with Crippen LogP contribution in [0.15, 0.2) is 36.7 Å². The highest BCUT2D eigenvalue weighted by molar-refractivity contribution is 6.03. The molecule has 1 atom stereocenters. The van der Waals surface area contributed by atoms with E-state index in [-0.39, 0.29) is 23.7 Å². The van der Waals surface area contributed by atoms with E-state index in [0.29, 0.717) is 18.1 Å². The highest BCUT2D eigenvalue weighted by Gasteiger charge is 2.35. The Bertz CT molecular complexity index is 826. The van der Waals surface area contributed by atoms with Gasteiger partial charge in [-0.05, 0) is 24.3 Å². The molecule has 1 N–H and O–H groups in total. The van der Waals surface area contributed by atoms with E-state index in [1.165, 1.54) is 0 Å². The highest BCUT2D eigenvalue weighted by Crippen LogP contribution is 2.27. The lowest BCUT2D eigenvalue weighted by Gasteiger charge is -2.17. The van der Waals surface area contributed by atoms with Gasteiger partial charge in [0.25, 0.3) is 0 Å². The summed E-state index contributed by atoms with van der Waals surface area (Å²) in [5, 5.41) is 2.81. The molecule has 27 heavy (non-hydrogen) atoms. The lowest BCUT2D eigenvalue weighted by Crippen LogP contribution is -2.28. The van der Waals surface area contributed by atoms with Crippen LogP contribution in [-0.4, -0.2) is 35.4 Å². The lowest BCUT2D eigenvalue weighted by atomic mass is 9.96. The first-order chi connectivity index (χ1) is 12.8. The molecular formula is C20H24N4O3. The highest BCUT2D eigenvalue weighted by atomic mass is 16.5. The zero-order valence-corrected chi connectivity index (χ0v) is 16.0. The number of nitrogens with one attached hydrogen (secondary N) is 1. The van der Waals surface area contributed by atoms with Gasteiger partial charge >= 0.3 is 0 Å². The average Bonchev–Trinajstić information content (AvgIpc) is 3.03. The van der Waals surface area contributed by atoms with Gasteiger partial charge in [-0.1, -0.05) is 20.8 Å². The number of amides is 2. The van der Waals surface area contributed by atoms with Crippen molar-refractivity contribution in [1.82, 2.24) is 9.97 Å². The Morgan fingerprint density at radius 1 is 1.19 bits per heavy atom. The van der Waals surface area contributed by atoms with E-state index in [1.807, 2.05) is 32.9 Å². The Morgan fingerprint density at radius 3 is 2.37 bits per heavy atom. The Morgan fingerprint density at radius 2 is 1.81 bits per heavy atom. The van der Waals surface area contributed by atoms with Gasteiger partial charge in [0, 0.05) is 24.1 Å². The number of carbonyl (C=O) groups is 2. The van der Waals surface area contributed by atoms with Crippen LogP contribution in [0, 0.1) is 5.92 Å². The van der Waals surface area contributed by atoms with Crippen molar-refractivity contribution >= 4 is 23.2 Å². The maximum Gasteiger partial charge on any atom is 0.229 e. The van der Waals surface area contributed by atoms with Gasteiger partial charge in [-0.3, -0.25) is 9.59 Å². The number of hydrogen-bond acceptors (Lipinski definition) is 5. The molecule has 1 aromatic heterocycles. The Labute approximate surface area is 158 Å². The fourth-order valence-electron chi connectivity index (χ4n) is 2.92. The molecule has 2 amide bonds. The van der Waals surface area contributed by atoms with Crippen molar-refractivity contribution in [3.63, 3.8) is 0 Å². The maximum absolute atomic E-state index is 12.6. The van der Waals surface area contributed by atoms with Gasteiger partial charge in [-0.2, -0.15) is 0 Å². The van der Waals surface area contributed by atoms with Crippen molar-refractivity contribution < 1.29 is 14.3 Å². The quantitative estimate of drug-likeness (QED) is 0.897. The molecule has 3 rings (SSSR count). The van der Waals surface area contributed by atoms with Gasteiger partial charge in [-0.25, -0.2) is 9.97 Å². The predicted molar refractivity (Wildman–Crippen MR) is 103 cm³/mol. The zero-order valence-electron chi connectivity index (χ0n) is 16.0. The Hall–Kier alpha value is -2.96. The van der Waals surface area contributed by atoms with Gasteiger partial charge in [0.1, 0.15) is 11.6 Å². The SMILES string of the molecule is COc1ccc(N2CC(C(=O)Nc3cnc(C(C)(C)C)nc3)CC2=O)cc1. The first kappa shape index (κ1) is 18.8. The zero-order chi connectivity index (χ0) is 19.6. The molecule has 0 saturated carbocycles. The molecule has 142 valence electrons. The summed E-state index contributed by atoms with van der Waals surface area (Å²) in [6.07, 6.45) is 3.38. The minimum Gasteiger partial charge on any atom is -0.497 e. The topological polar surface area (TPSA) is 84.4 Å². The minimum absolute atomic E-state index is 0.0698. The van der Waals surface area contributed by atoms with Crippen molar-refractivity contribution in [3.05, 3.63) is 42.5 Å². The number of nitrogens with zero attached hydrogens (tertiary/aromatic N) is 3. The van der Waals surface area contributed by atoms with Crippen molar-refractivity contribution in [2.75, 3.05) is 23.9 Å². The number of carbonyl (C=O) groups excluding carboxylic acids is 2. The number of hydrogen-bond donors (Lipinski definition) is 1. The van der Waals surface area contributed by atoms with Crippen LogP contribution in [0.4, 0.5) is 11.4 Å². The summed E-state index contributed by atoms with van der Waals surface area (Å²) in [4.78, 5) is 35.1. The molecule has 0 bridgehead atoms. The van der Waals surface area contributed by atoms with Gasteiger partial charge in [0.15, 0.2) is 0 Å². The number of aromatic nitrogens is 2. The molecule has 7 nitrogen and oxygen atoms in total. The number of ether oxygens (including phenoxy) is 1. The second-order valence-electron chi connectivity index (χ2n) is 7.64. The maximum atomic E-state index is 12.6. The average molecular weight is 368 g/mol. The van der Waals surface area contributed by atoms with Gasteiger partial charge in [0.05, 0.1) is 31.1 Å². The summed E-state index contributed by atoms with van der Waals surface area (Å²) in [7, 11) is 1.59. The van der Waals surface area contributed by atoms with E-state index >= 15 is 0 Å². The third-order valence-electron chi connectivity index (χ3n) is 4.47. The fourth-order valence-corrected chi connectivity index (χ4v) is 2.92. The standard InChI is InChI=1S/C20H24N4O3/c1-20(2,3)19-21-10-14(11-22-19)23-18(26)13-9-17(25)24(12-13)15-5-7-16(27-4)8-6-15/h5-8,10-11,13H,9,12H2,1-4H3,(H,23,26). The van der Waals surface area contributed by atoms with Crippen molar-refractivity contribution in [1.29, 1.82) is 0 Å². The third-order valence-corrected chi connectivity index (χ3v) is 4.47. The molecule has 1 fully saturated rings. The van der Waals surface area contributed by atoms with Crippen LogP contribution < -0.4 is 15.0 Å². The molecule has 1 unspecified atom stereocenters. The molecule has 2 heterocycles. The van der Waals surface area contributed by atoms with E-state index < -0.39 is 5.92 Å². The lowest BCUT2D eigenvalue weighted by molar-refractivity contribution is -0.122. The van der Waals surface area contributed by atoms with Crippen LogP contribution in [0.5, 0.6) is 5.75 Å². The number of anilines is 2. The Balaban J connectivity index is 1.65. The first-order valence-corrected chi connectivity index (χ1v) is 8.86. The van der Waals surface area contributed by atoms with Crippen molar-refractivity contribution in [3.8, 4) is 5.75 Å². The van der Waals surface area contributed by atoms with Crippen LogP contribution in [0.2, 0.25) is 0 Å². The molecule has 1 aliphatic heterocycles. The number of benzene rings is 1. The van der Waals surface area contributed by atoms with Crippen LogP contribution in [-0.2, 0) is 15.0 Å². The van der Waals surface area contributed by atoms with Crippen LogP contribution in [0.3, 0.4) is 0 Å². The largest absolute Gasteiger partial charge is 0.497 e. The van der Waals surface area contributed by atoms with Crippen LogP contribution in [0.1, 0.15) is 33.0 Å². The summed E-state index contributed by atoms with van der Waals surface area (Å²) >= 11 is 0. The summed E-state index contributed by atoms with van der Waals surface area (Å²) in [6, 6.07) is 7.22. The van der Waals surface area contributed by atoms with Gasteiger partial charge in [-0.15, -0.1) is 0 Å². The third kappa shape index (κ3) is 4.24. The van der Waals surface area contributed by atoms with Crippen molar-refractivity contribution in [2.45, 2.75) is 32.6 Å². The molecule has 0 radical (unpaired) electrons. The summed E-state index contributed by atoms with van der Waals surface area (Å²) in [5.41, 5.74) is 1.14. The monoisotopic (exact) mass is 368 g/mol. The summed E-state index contributed by atoms with van der Waals surface area (Å²) in [6.45, 7) is 6.42. The van der Waals surface area contributed by atoms with Crippen LogP contribution in [0.25, 0.3) is 0 Å². The summed E-state index contributed by atoms with van der Waals surface area (Å²) < 4.78 is 5.13. The number of methoxy groups -OCH3 is 1. The van der Waals surface area contributed by atoms with E-state index in [1.54, 1.807) is 36.5 Å². The smallest absolute Gasteiger partial charge is 0.229 e. The van der Waals surface area contributed by atoms with Crippen LogP contribution >= 0.6 is 0 Å². The summed E-state index contributed by atoms with van der Waals surface area (Å²) in [5.74, 6) is 0.744. The van der Waals surface area contributed by atoms with E-state index in [9.17, 15) is 9.59 Å². The molecule has 2 aromatic rings. The second-order valence-corrected chi connectivity index (χ2v) is 7.64. The fraction of sp³-hybridized carbons (Fsp3) is 0.400. The molecule has 7 heteroatoms. The van der Waals surface area contributed by atoms with E-state index in [0.717, 1.165) is 11.4 Å². The molecule has 0 spiro atoms. The molecular weight excluding hydrogens is 344 g/mol. The normalized spacial score (nSPS) is 17.1. The van der Waals surface area contributed by atoms with E-state index in [2.05, 4.69) is 15.3 Å². The van der Waals surface area contributed by atoms with Gasteiger partial charge in [0.2, 0.25) is 11.8 Å². The number of rotatable bonds is 4. The molecule has 1 aromatic carbocycles. The van der Waals surface area contributed by atoms with E-state index in [4.69, 9.17) is 4.74 Å².